The van der Waals surface area contributed by atoms with Crippen LogP contribution >= 0.6 is 0 Å². The van der Waals surface area contributed by atoms with Gasteiger partial charge in [0.2, 0.25) is 0 Å². The lowest BCUT2D eigenvalue weighted by Crippen LogP contribution is -2.63. The molecule has 1 aromatic carbocycles. The molecule has 2 fully saturated rings. The molecule has 1 aliphatic carbocycles. The fourth-order valence-electron chi connectivity index (χ4n) is 6.10. The maximum absolute atomic E-state index is 14.3. The van der Waals surface area contributed by atoms with E-state index in [-0.39, 0.29) is 48.6 Å². The van der Waals surface area contributed by atoms with Crippen LogP contribution in [-0.4, -0.2) is 74.0 Å². The van der Waals surface area contributed by atoms with E-state index in [2.05, 4.69) is 4.18 Å². The van der Waals surface area contributed by atoms with Crippen LogP contribution in [0.4, 0.5) is 50.0 Å². The number of rotatable bonds is 7. The number of anilines is 1. The zero-order chi connectivity index (χ0) is 32.3. The van der Waals surface area contributed by atoms with E-state index in [1.165, 1.54) is 6.07 Å². The maximum atomic E-state index is 14.3. The smallest absolute Gasteiger partial charge is 0.460 e. The van der Waals surface area contributed by atoms with Crippen LogP contribution in [-0.2, 0) is 10.1 Å². The van der Waals surface area contributed by atoms with E-state index in [0.717, 1.165) is 23.5 Å². The second-order valence-corrected chi connectivity index (χ2v) is 13.9. The summed E-state index contributed by atoms with van der Waals surface area (Å²) < 4.78 is 149. The van der Waals surface area contributed by atoms with Gasteiger partial charge in [0, 0.05) is 37.9 Å². The fourth-order valence-corrected chi connectivity index (χ4v) is 7.00. The van der Waals surface area contributed by atoms with Gasteiger partial charge in [-0.25, -0.2) is 4.79 Å². The first kappa shape index (κ1) is 33.9. The van der Waals surface area contributed by atoms with Gasteiger partial charge >= 0.3 is 39.5 Å². The van der Waals surface area contributed by atoms with E-state index in [0.29, 0.717) is 18.4 Å². The van der Waals surface area contributed by atoms with Gasteiger partial charge in [0.05, 0.1) is 0 Å². The lowest BCUT2D eigenvalue weighted by atomic mass is 9.60. The second-order valence-electron chi connectivity index (χ2n) is 12.3. The summed E-state index contributed by atoms with van der Waals surface area (Å²) in [6.07, 6.45) is -6.28. The lowest BCUT2D eigenvalue weighted by Gasteiger charge is -2.46. The third-order valence-electron chi connectivity index (χ3n) is 7.52. The minimum atomic E-state index is -7.42. The van der Waals surface area contributed by atoms with Crippen LogP contribution in [0.5, 0.6) is 5.75 Å². The van der Waals surface area contributed by atoms with Crippen LogP contribution in [0.3, 0.4) is 0 Å². The number of hydrogen-bond donors (Lipinski definition) is 1. The highest BCUT2D eigenvalue weighted by atomic mass is 32.2. The van der Waals surface area contributed by atoms with Gasteiger partial charge in [-0.15, -0.1) is 0 Å². The summed E-state index contributed by atoms with van der Waals surface area (Å²) in [5, 5.41) is 2.26. The zero-order valence-electron chi connectivity index (χ0n) is 23.0. The number of alkyl halides is 9. The van der Waals surface area contributed by atoms with E-state index < -0.39 is 45.2 Å². The van der Waals surface area contributed by atoms with Gasteiger partial charge in [0.25, 0.3) is 0 Å². The van der Waals surface area contributed by atoms with E-state index in [4.69, 9.17) is 0 Å². The molecule has 17 heteroatoms. The molecule has 240 valence electrons. The Labute approximate surface area is 236 Å². The zero-order valence-corrected chi connectivity index (χ0v) is 23.9. The van der Waals surface area contributed by atoms with Gasteiger partial charge in [-0.1, -0.05) is 33.8 Å². The molecular weight excluding hydrogens is 611 g/mol. The minimum Gasteiger partial charge on any atom is -0.465 e. The molecule has 7 nitrogen and oxygen atoms in total. The van der Waals surface area contributed by atoms with Crippen molar-refractivity contribution >= 4 is 21.9 Å². The number of hydrogen-bond acceptors (Lipinski definition) is 5. The monoisotopic (exact) mass is 642 g/mol. The third kappa shape index (κ3) is 6.20. The largest absolute Gasteiger partial charge is 0.465 e. The molecule has 42 heavy (non-hydrogen) atoms. The van der Waals surface area contributed by atoms with Crippen molar-refractivity contribution < 1.29 is 62.0 Å². The maximum Gasteiger partial charge on any atom is 0.460 e. The molecule has 1 N–H and O–H groups in total. The summed E-state index contributed by atoms with van der Waals surface area (Å²) in [5.74, 6) is -16.1. The Kier molecular flexibility index (Phi) is 8.51. The first-order valence-corrected chi connectivity index (χ1v) is 14.2. The van der Waals surface area contributed by atoms with Crippen molar-refractivity contribution in [3.8, 4) is 5.75 Å². The molecular formula is C25H31F9N2O5S. The highest BCUT2D eigenvalue weighted by Gasteiger charge is 2.86. The van der Waals surface area contributed by atoms with Crippen molar-refractivity contribution in [3.63, 3.8) is 0 Å². The molecule has 1 saturated carbocycles. The summed E-state index contributed by atoms with van der Waals surface area (Å²) in [5.41, 5.74) is 0.454. The molecule has 0 atom stereocenters. The van der Waals surface area contributed by atoms with Crippen LogP contribution in [0.1, 0.15) is 58.4 Å². The predicted molar refractivity (Wildman–Crippen MR) is 133 cm³/mol. The van der Waals surface area contributed by atoms with Crippen molar-refractivity contribution in [2.45, 2.75) is 76.2 Å². The Morgan fingerprint density at radius 1 is 0.881 bits per heavy atom. The van der Waals surface area contributed by atoms with Gasteiger partial charge in [-0.05, 0) is 47.6 Å². The number of piperazine rings is 1. The predicted octanol–water partition coefficient (Wildman–Crippen LogP) is 6.94. The molecule has 0 bridgehead atoms. The molecule has 0 radical (unpaired) electrons. The number of benzene rings is 1. The van der Waals surface area contributed by atoms with Gasteiger partial charge in [-0.2, -0.15) is 47.9 Å². The Morgan fingerprint density at radius 3 is 1.83 bits per heavy atom. The minimum absolute atomic E-state index is 0.00335. The molecule has 1 saturated heterocycles. The van der Waals surface area contributed by atoms with Gasteiger partial charge in [-0.3, -0.25) is 0 Å². The van der Waals surface area contributed by atoms with Crippen molar-refractivity contribution in [1.29, 1.82) is 0 Å². The van der Waals surface area contributed by atoms with Crippen molar-refractivity contribution in [2.75, 3.05) is 31.1 Å². The first-order chi connectivity index (χ1) is 18.7. The summed E-state index contributed by atoms with van der Waals surface area (Å²) in [6, 6.07) is 3.02. The molecule has 1 aromatic rings. The fraction of sp³-hybridized carbons (Fsp3) is 0.720. The quantitative estimate of drug-likeness (QED) is 0.256. The molecule has 0 unspecified atom stereocenters. The highest BCUT2D eigenvalue weighted by Crippen LogP contribution is 2.56. The number of amides is 1. The Balaban J connectivity index is 2.05. The second kappa shape index (κ2) is 10.5. The van der Waals surface area contributed by atoms with Crippen molar-refractivity contribution in [3.05, 3.63) is 23.8 Å². The molecule has 0 spiro atoms. The number of carboxylic acid groups (broad SMARTS) is 1. The van der Waals surface area contributed by atoms with E-state index >= 15 is 0 Å². The Hall–Kier alpha value is -2.59. The molecule has 1 aliphatic heterocycles. The topological polar surface area (TPSA) is 87.2 Å². The summed E-state index contributed by atoms with van der Waals surface area (Å²) in [4.78, 5) is 14.0. The molecule has 1 heterocycles. The van der Waals surface area contributed by atoms with Crippen LogP contribution in [0.2, 0.25) is 0 Å². The number of nitrogens with zero attached hydrogens (tertiary/aromatic N) is 2. The van der Waals surface area contributed by atoms with Crippen LogP contribution in [0.15, 0.2) is 18.2 Å². The number of carbonyl (C=O) groups is 1. The first-order valence-electron chi connectivity index (χ1n) is 12.8. The summed E-state index contributed by atoms with van der Waals surface area (Å²) in [7, 11) is -7.12. The summed E-state index contributed by atoms with van der Waals surface area (Å²) >= 11 is 0. The molecule has 0 aromatic heterocycles. The highest BCUT2D eigenvalue weighted by molar-refractivity contribution is 7.88. The van der Waals surface area contributed by atoms with Gasteiger partial charge in [0.1, 0.15) is 5.75 Å². The molecule has 1 amide bonds. The standard InChI is InChI=1S/C25H31F9N2O5S/c1-20(2)12-15(13-21(3,4)14-20)17-6-5-16(11-18(17)35-7-9-36(10-8-35)19(37)38)41-42(39,40)25(33,34)23(28,29)22(26,27)24(30,31)32/h5-6,11,15H,7-10,12-14H2,1-4H3,(H,37,38). The third-order valence-corrected chi connectivity index (χ3v) is 8.82. The Bertz CT molecular complexity index is 1280. The average Bonchev–Trinajstić information content (AvgIpc) is 2.80. The van der Waals surface area contributed by atoms with E-state index in [9.17, 15) is 57.8 Å². The van der Waals surface area contributed by atoms with Crippen molar-refractivity contribution in [1.82, 2.24) is 4.90 Å². The van der Waals surface area contributed by atoms with Gasteiger partial charge in [0.15, 0.2) is 0 Å². The lowest BCUT2D eigenvalue weighted by molar-refractivity contribution is -0.382. The number of halogens is 9. The van der Waals surface area contributed by atoms with Crippen LogP contribution in [0, 0.1) is 10.8 Å². The molecule has 2 aliphatic rings. The normalized spacial score (nSPS) is 20.9. The molecule has 3 rings (SSSR count). The average molecular weight is 643 g/mol. The Morgan fingerprint density at radius 2 is 1.38 bits per heavy atom. The SMILES string of the molecule is CC1(C)CC(c2ccc(OS(=O)(=O)C(F)(F)C(F)(F)C(F)(F)C(F)(F)F)cc2N2CCN(C(=O)O)CC2)CC(C)(C)C1. The van der Waals surface area contributed by atoms with E-state index in [1.54, 1.807) is 4.90 Å². The van der Waals surface area contributed by atoms with Gasteiger partial charge < -0.3 is 19.1 Å². The summed E-state index contributed by atoms with van der Waals surface area (Å²) in [6.45, 7) is 8.25. The van der Waals surface area contributed by atoms with Crippen molar-refractivity contribution in [2.24, 2.45) is 10.8 Å². The van der Waals surface area contributed by atoms with Crippen LogP contribution < -0.4 is 9.08 Å². The van der Waals surface area contributed by atoms with Crippen LogP contribution in [0.25, 0.3) is 0 Å². The van der Waals surface area contributed by atoms with E-state index in [1.807, 2.05) is 27.7 Å².